The molecule has 1 saturated heterocycles. The van der Waals surface area contributed by atoms with Gasteiger partial charge in [-0.25, -0.2) is 0 Å². The van der Waals surface area contributed by atoms with Crippen LogP contribution in [0.3, 0.4) is 0 Å². The zero-order valence-corrected chi connectivity index (χ0v) is 6.22. The Labute approximate surface area is 61.1 Å². The largest absolute Gasteiger partial charge is 0.312 e. The van der Waals surface area contributed by atoms with Crippen molar-refractivity contribution in [2.45, 2.75) is 6.42 Å². The number of nitrogens with one attached hydrogen (secondary N) is 2. The number of likely N-dealkylation sites (tertiary alicyclic amines) is 1. The van der Waals surface area contributed by atoms with Crippen molar-refractivity contribution in [3.63, 3.8) is 0 Å². The van der Waals surface area contributed by atoms with Crippen molar-refractivity contribution in [1.29, 1.82) is 10.8 Å². The molecule has 0 radical (unpaired) electrons. The second-order valence-electron chi connectivity index (χ2n) is 2.82. The summed E-state index contributed by atoms with van der Waals surface area (Å²) < 4.78 is 0. The Bertz CT molecular complexity index is 153. The van der Waals surface area contributed by atoms with E-state index < -0.39 is 0 Å². The molecule has 0 spiro atoms. The first kappa shape index (κ1) is 7.41. The van der Waals surface area contributed by atoms with Gasteiger partial charge in [0, 0.05) is 24.4 Å². The maximum absolute atomic E-state index is 7.48. The van der Waals surface area contributed by atoms with Crippen molar-refractivity contribution in [3.8, 4) is 0 Å². The minimum Gasteiger partial charge on any atom is -0.312 e. The maximum atomic E-state index is 7.48. The third-order valence-corrected chi connectivity index (χ3v) is 1.91. The van der Waals surface area contributed by atoms with Gasteiger partial charge in [0.15, 0.2) is 0 Å². The molecule has 0 amide bonds. The summed E-state index contributed by atoms with van der Waals surface area (Å²) in [6.45, 7) is 1.75. The minimum absolute atomic E-state index is 0.121. The normalized spacial score (nSPS) is 28.5. The maximum Gasteiger partial charge on any atom is 0.0364 e. The van der Waals surface area contributed by atoms with Crippen molar-refractivity contribution < 1.29 is 0 Å². The Morgan fingerprint density at radius 1 is 1.70 bits per heavy atom. The van der Waals surface area contributed by atoms with Gasteiger partial charge in [0.05, 0.1) is 0 Å². The van der Waals surface area contributed by atoms with Gasteiger partial charge in [0.1, 0.15) is 0 Å². The van der Waals surface area contributed by atoms with Crippen molar-refractivity contribution in [3.05, 3.63) is 0 Å². The summed E-state index contributed by atoms with van der Waals surface area (Å²) in [6.07, 6.45) is 2.33. The smallest absolute Gasteiger partial charge is 0.0364 e. The molecule has 0 aliphatic carbocycles. The molecular weight excluding hydrogens is 126 g/mol. The summed E-state index contributed by atoms with van der Waals surface area (Å²) in [7, 11) is 2.01. The molecule has 1 rings (SSSR count). The predicted molar refractivity (Wildman–Crippen MR) is 42.1 cm³/mol. The fourth-order valence-corrected chi connectivity index (χ4v) is 1.20. The molecule has 10 heavy (non-hydrogen) atoms. The first-order valence-corrected chi connectivity index (χ1v) is 3.50. The second kappa shape index (κ2) is 2.92. The van der Waals surface area contributed by atoms with Crippen molar-refractivity contribution in [1.82, 2.24) is 4.90 Å². The van der Waals surface area contributed by atoms with Crippen LogP contribution in [-0.4, -0.2) is 37.0 Å². The van der Waals surface area contributed by atoms with Gasteiger partial charge in [0.25, 0.3) is 0 Å². The van der Waals surface area contributed by atoms with E-state index in [1.54, 1.807) is 0 Å². The Morgan fingerprint density at radius 2 is 2.40 bits per heavy atom. The summed E-state index contributed by atoms with van der Waals surface area (Å²) in [5, 5.41) is 14.5. The van der Waals surface area contributed by atoms with E-state index in [2.05, 4.69) is 4.90 Å². The predicted octanol–water partition coefficient (Wildman–Crippen LogP) is 0.607. The van der Waals surface area contributed by atoms with Crippen LogP contribution < -0.4 is 0 Å². The molecule has 1 aliphatic heterocycles. The van der Waals surface area contributed by atoms with E-state index in [0.29, 0.717) is 5.71 Å². The average molecular weight is 139 g/mol. The molecule has 0 aromatic carbocycles. The Hall–Kier alpha value is -0.700. The lowest BCUT2D eigenvalue weighted by molar-refractivity contribution is 0.341. The van der Waals surface area contributed by atoms with Crippen LogP contribution >= 0.6 is 0 Å². The third-order valence-electron chi connectivity index (χ3n) is 1.91. The molecule has 1 heterocycles. The molecule has 1 aliphatic rings. The van der Waals surface area contributed by atoms with Gasteiger partial charge in [-0.15, -0.1) is 0 Å². The van der Waals surface area contributed by atoms with Gasteiger partial charge in [0.2, 0.25) is 0 Å². The van der Waals surface area contributed by atoms with Crippen LogP contribution in [0, 0.1) is 16.7 Å². The van der Waals surface area contributed by atoms with E-state index in [4.69, 9.17) is 10.8 Å². The molecule has 3 nitrogen and oxygen atoms in total. The Balaban J connectivity index is 2.51. The van der Waals surface area contributed by atoms with Gasteiger partial charge < -0.3 is 15.7 Å². The van der Waals surface area contributed by atoms with Crippen LogP contribution in [0.2, 0.25) is 0 Å². The molecule has 1 unspecified atom stereocenters. The standard InChI is InChI=1S/C7H13N3/c1-10-3-2-6(4-8)7(9)5-10/h4,6,8-9H,2-3,5H2,1H3. The van der Waals surface area contributed by atoms with E-state index in [-0.39, 0.29) is 5.92 Å². The average Bonchev–Trinajstić information content (AvgIpc) is 1.88. The fourth-order valence-electron chi connectivity index (χ4n) is 1.20. The molecule has 56 valence electrons. The third kappa shape index (κ3) is 1.42. The molecule has 0 saturated carbocycles. The lowest BCUT2D eigenvalue weighted by atomic mass is 9.96. The van der Waals surface area contributed by atoms with Crippen LogP contribution in [0.25, 0.3) is 0 Å². The Morgan fingerprint density at radius 3 is 2.90 bits per heavy atom. The van der Waals surface area contributed by atoms with E-state index in [0.717, 1.165) is 19.5 Å². The van der Waals surface area contributed by atoms with Crippen LogP contribution in [0.5, 0.6) is 0 Å². The zero-order valence-electron chi connectivity index (χ0n) is 6.22. The van der Waals surface area contributed by atoms with Crippen LogP contribution in [0.1, 0.15) is 6.42 Å². The highest BCUT2D eigenvalue weighted by atomic mass is 15.1. The lowest BCUT2D eigenvalue weighted by Crippen LogP contribution is -2.38. The summed E-state index contributed by atoms with van der Waals surface area (Å²) in [5.74, 6) is 0.121. The van der Waals surface area contributed by atoms with Crippen LogP contribution in [-0.2, 0) is 0 Å². The topological polar surface area (TPSA) is 50.9 Å². The summed E-state index contributed by atoms with van der Waals surface area (Å²) >= 11 is 0. The van der Waals surface area contributed by atoms with Crippen LogP contribution in [0.15, 0.2) is 0 Å². The molecule has 0 aromatic heterocycles. The highest BCUT2D eigenvalue weighted by Crippen LogP contribution is 2.09. The minimum atomic E-state index is 0.121. The van der Waals surface area contributed by atoms with Crippen molar-refractivity contribution in [2.24, 2.45) is 5.92 Å². The van der Waals surface area contributed by atoms with E-state index in [1.165, 1.54) is 6.21 Å². The number of hydrogen-bond acceptors (Lipinski definition) is 3. The number of hydrogen-bond donors (Lipinski definition) is 2. The quantitative estimate of drug-likeness (QED) is 0.514. The van der Waals surface area contributed by atoms with Gasteiger partial charge >= 0.3 is 0 Å². The molecule has 3 heteroatoms. The van der Waals surface area contributed by atoms with Gasteiger partial charge in [-0.2, -0.15) is 0 Å². The molecule has 2 N–H and O–H groups in total. The van der Waals surface area contributed by atoms with Crippen LogP contribution in [0.4, 0.5) is 0 Å². The van der Waals surface area contributed by atoms with E-state index in [9.17, 15) is 0 Å². The summed E-state index contributed by atoms with van der Waals surface area (Å²) in [4.78, 5) is 2.11. The Kier molecular flexibility index (Phi) is 2.17. The molecular formula is C7H13N3. The van der Waals surface area contributed by atoms with E-state index in [1.807, 2.05) is 7.05 Å². The molecule has 1 atom stereocenters. The highest BCUT2D eigenvalue weighted by molar-refractivity contribution is 5.97. The first-order valence-electron chi connectivity index (χ1n) is 3.50. The van der Waals surface area contributed by atoms with E-state index >= 15 is 0 Å². The lowest BCUT2D eigenvalue weighted by Gasteiger charge is -2.27. The molecule has 0 bridgehead atoms. The monoisotopic (exact) mass is 139 g/mol. The van der Waals surface area contributed by atoms with Crippen molar-refractivity contribution in [2.75, 3.05) is 20.1 Å². The summed E-state index contributed by atoms with van der Waals surface area (Å²) in [6, 6.07) is 0. The van der Waals surface area contributed by atoms with Gasteiger partial charge in [-0.3, -0.25) is 0 Å². The number of nitrogens with zero attached hydrogens (tertiary/aromatic N) is 1. The summed E-state index contributed by atoms with van der Waals surface area (Å²) in [5.41, 5.74) is 0.684. The number of piperidine rings is 1. The highest BCUT2D eigenvalue weighted by Gasteiger charge is 2.19. The van der Waals surface area contributed by atoms with Gasteiger partial charge in [-0.05, 0) is 20.0 Å². The van der Waals surface area contributed by atoms with Gasteiger partial charge in [-0.1, -0.05) is 0 Å². The van der Waals surface area contributed by atoms with Crippen molar-refractivity contribution >= 4 is 11.9 Å². The molecule has 1 fully saturated rings. The number of rotatable bonds is 1. The SMILES string of the molecule is CN1CCC(C=N)C(=N)C1. The zero-order chi connectivity index (χ0) is 7.56. The second-order valence-corrected chi connectivity index (χ2v) is 2.82. The first-order chi connectivity index (χ1) is 4.74. The fraction of sp³-hybridized carbons (Fsp3) is 0.714. The molecule has 0 aromatic rings.